The summed E-state index contributed by atoms with van der Waals surface area (Å²) < 4.78 is 0. The Labute approximate surface area is 118 Å². The van der Waals surface area contributed by atoms with E-state index in [2.05, 4.69) is 17.1 Å². The van der Waals surface area contributed by atoms with Crippen LogP contribution >= 0.6 is 0 Å². The molecule has 0 aromatic rings. The minimum absolute atomic E-state index is 0.806. The monoisotopic (exact) mass is 262 g/mol. The second-order valence-electron chi connectivity index (χ2n) is 8.10. The molecule has 4 fully saturated rings. The number of piperidine rings is 1. The van der Waals surface area contributed by atoms with Crippen molar-refractivity contribution >= 4 is 0 Å². The van der Waals surface area contributed by atoms with Crippen LogP contribution in [-0.2, 0) is 0 Å². The standard InChI is InChI=1S/C17H30N2/c1-12-6-17(7-12)19-10-14(8-13-2-3-13)9-16(11-19)18-15-4-5-15/h12-18H,2-11H2,1H3. The zero-order valence-electron chi connectivity index (χ0n) is 12.5. The minimum atomic E-state index is 0.806. The van der Waals surface area contributed by atoms with Crippen molar-refractivity contribution in [3.05, 3.63) is 0 Å². The third-order valence-corrected chi connectivity index (χ3v) is 5.84. The van der Waals surface area contributed by atoms with Crippen molar-refractivity contribution in [3.8, 4) is 0 Å². The molecule has 19 heavy (non-hydrogen) atoms. The Hall–Kier alpha value is -0.0800. The van der Waals surface area contributed by atoms with E-state index in [1.807, 2.05) is 0 Å². The molecule has 3 saturated carbocycles. The van der Waals surface area contributed by atoms with Gasteiger partial charge in [0.15, 0.2) is 0 Å². The summed E-state index contributed by atoms with van der Waals surface area (Å²) in [5.41, 5.74) is 0. The van der Waals surface area contributed by atoms with Crippen LogP contribution in [0.4, 0.5) is 0 Å². The average molecular weight is 262 g/mol. The first kappa shape index (κ1) is 12.6. The molecular weight excluding hydrogens is 232 g/mol. The van der Waals surface area contributed by atoms with Crippen molar-refractivity contribution in [1.82, 2.24) is 10.2 Å². The van der Waals surface area contributed by atoms with Crippen molar-refractivity contribution in [3.63, 3.8) is 0 Å². The maximum Gasteiger partial charge on any atom is 0.0200 e. The van der Waals surface area contributed by atoms with Crippen LogP contribution in [0.5, 0.6) is 0 Å². The lowest BCUT2D eigenvalue weighted by Gasteiger charge is -2.48. The highest BCUT2D eigenvalue weighted by Crippen LogP contribution is 2.40. The van der Waals surface area contributed by atoms with Gasteiger partial charge < -0.3 is 5.32 Å². The van der Waals surface area contributed by atoms with E-state index in [1.165, 1.54) is 64.5 Å². The molecule has 1 aliphatic heterocycles. The Kier molecular flexibility index (Phi) is 3.35. The molecule has 0 aromatic heterocycles. The van der Waals surface area contributed by atoms with E-state index >= 15 is 0 Å². The third-order valence-electron chi connectivity index (χ3n) is 5.84. The normalized spacial score (nSPS) is 44.1. The van der Waals surface area contributed by atoms with Crippen LogP contribution in [0.25, 0.3) is 0 Å². The van der Waals surface area contributed by atoms with Gasteiger partial charge in [-0.05, 0) is 56.3 Å². The number of hydrogen-bond donors (Lipinski definition) is 1. The van der Waals surface area contributed by atoms with Crippen LogP contribution in [0.2, 0.25) is 0 Å². The van der Waals surface area contributed by atoms with Gasteiger partial charge in [0, 0.05) is 31.2 Å². The van der Waals surface area contributed by atoms with Crippen LogP contribution in [0.3, 0.4) is 0 Å². The topological polar surface area (TPSA) is 15.3 Å². The summed E-state index contributed by atoms with van der Waals surface area (Å²) in [6.07, 6.45) is 11.8. The Morgan fingerprint density at radius 3 is 2.32 bits per heavy atom. The lowest BCUT2D eigenvalue weighted by Crippen LogP contribution is -2.56. The molecule has 1 N–H and O–H groups in total. The smallest absolute Gasteiger partial charge is 0.0200 e. The number of likely N-dealkylation sites (tertiary alicyclic amines) is 1. The molecule has 2 heteroatoms. The molecule has 2 nitrogen and oxygen atoms in total. The van der Waals surface area contributed by atoms with Gasteiger partial charge in [-0.1, -0.05) is 19.8 Å². The molecule has 0 bridgehead atoms. The fourth-order valence-electron chi connectivity index (χ4n) is 4.40. The van der Waals surface area contributed by atoms with E-state index in [0.29, 0.717) is 0 Å². The Morgan fingerprint density at radius 2 is 1.68 bits per heavy atom. The Morgan fingerprint density at radius 1 is 0.895 bits per heavy atom. The van der Waals surface area contributed by atoms with Crippen LogP contribution in [-0.4, -0.2) is 36.1 Å². The predicted octanol–water partition coefficient (Wildman–Crippen LogP) is 3.03. The van der Waals surface area contributed by atoms with Crippen molar-refractivity contribution in [1.29, 1.82) is 0 Å². The van der Waals surface area contributed by atoms with Crippen molar-refractivity contribution < 1.29 is 0 Å². The predicted molar refractivity (Wildman–Crippen MR) is 79.2 cm³/mol. The first-order valence-corrected chi connectivity index (χ1v) is 8.76. The molecule has 4 aliphatic rings. The van der Waals surface area contributed by atoms with E-state index in [0.717, 1.165) is 35.9 Å². The van der Waals surface area contributed by atoms with Gasteiger partial charge in [0.1, 0.15) is 0 Å². The lowest BCUT2D eigenvalue weighted by atomic mass is 9.78. The summed E-state index contributed by atoms with van der Waals surface area (Å²) in [6, 6.07) is 2.62. The van der Waals surface area contributed by atoms with E-state index in [1.54, 1.807) is 0 Å². The molecule has 0 aromatic carbocycles. The maximum atomic E-state index is 3.92. The number of nitrogens with one attached hydrogen (secondary N) is 1. The molecule has 0 radical (unpaired) electrons. The van der Waals surface area contributed by atoms with Gasteiger partial charge in [-0.25, -0.2) is 0 Å². The SMILES string of the molecule is CC1CC(N2CC(CC3CC3)CC(NC3CC3)C2)C1. The largest absolute Gasteiger partial charge is 0.310 e. The molecule has 3 aliphatic carbocycles. The number of nitrogens with zero attached hydrogens (tertiary/aromatic N) is 1. The second kappa shape index (κ2) is 5.04. The van der Waals surface area contributed by atoms with Gasteiger partial charge in [0.05, 0.1) is 0 Å². The average Bonchev–Trinajstić information content (AvgIpc) is 3.21. The molecular formula is C17H30N2. The van der Waals surface area contributed by atoms with Crippen molar-refractivity contribution in [2.75, 3.05) is 13.1 Å². The first-order valence-electron chi connectivity index (χ1n) is 8.76. The van der Waals surface area contributed by atoms with Gasteiger partial charge in [0.2, 0.25) is 0 Å². The van der Waals surface area contributed by atoms with Crippen LogP contribution in [0.1, 0.15) is 58.3 Å². The van der Waals surface area contributed by atoms with E-state index in [9.17, 15) is 0 Å². The summed E-state index contributed by atoms with van der Waals surface area (Å²) in [5.74, 6) is 3.09. The van der Waals surface area contributed by atoms with Crippen molar-refractivity contribution in [2.24, 2.45) is 17.8 Å². The van der Waals surface area contributed by atoms with Crippen molar-refractivity contribution in [2.45, 2.75) is 76.4 Å². The van der Waals surface area contributed by atoms with Gasteiger partial charge >= 0.3 is 0 Å². The van der Waals surface area contributed by atoms with Gasteiger partial charge in [-0.3, -0.25) is 4.90 Å². The molecule has 0 spiro atoms. The van der Waals surface area contributed by atoms with Gasteiger partial charge in [-0.2, -0.15) is 0 Å². The molecule has 2 atom stereocenters. The fraction of sp³-hybridized carbons (Fsp3) is 1.00. The van der Waals surface area contributed by atoms with Crippen LogP contribution in [0.15, 0.2) is 0 Å². The highest BCUT2D eigenvalue weighted by molar-refractivity contribution is 4.95. The maximum absolute atomic E-state index is 3.92. The molecule has 108 valence electrons. The molecule has 0 amide bonds. The lowest BCUT2D eigenvalue weighted by molar-refractivity contribution is 0.0305. The van der Waals surface area contributed by atoms with Gasteiger partial charge in [-0.15, -0.1) is 0 Å². The first-order chi connectivity index (χ1) is 9.26. The summed E-state index contributed by atoms with van der Waals surface area (Å²) in [6.45, 7) is 5.17. The summed E-state index contributed by atoms with van der Waals surface area (Å²) in [4.78, 5) is 2.86. The third kappa shape index (κ3) is 3.16. The molecule has 1 heterocycles. The van der Waals surface area contributed by atoms with E-state index < -0.39 is 0 Å². The van der Waals surface area contributed by atoms with Gasteiger partial charge in [0.25, 0.3) is 0 Å². The Balaban J connectivity index is 1.35. The summed E-state index contributed by atoms with van der Waals surface area (Å²) >= 11 is 0. The summed E-state index contributed by atoms with van der Waals surface area (Å²) in [5, 5.41) is 3.92. The second-order valence-corrected chi connectivity index (χ2v) is 8.10. The highest BCUT2D eigenvalue weighted by atomic mass is 15.2. The zero-order valence-corrected chi connectivity index (χ0v) is 12.5. The highest BCUT2D eigenvalue weighted by Gasteiger charge is 2.39. The van der Waals surface area contributed by atoms with E-state index in [4.69, 9.17) is 0 Å². The quantitative estimate of drug-likeness (QED) is 0.819. The number of rotatable bonds is 5. The molecule has 1 saturated heterocycles. The van der Waals surface area contributed by atoms with E-state index in [-0.39, 0.29) is 0 Å². The Bertz CT molecular complexity index is 293. The molecule has 2 unspecified atom stereocenters. The molecule has 4 rings (SSSR count). The van der Waals surface area contributed by atoms with Crippen LogP contribution in [0, 0.1) is 17.8 Å². The summed E-state index contributed by atoms with van der Waals surface area (Å²) in [7, 11) is 0. The van der Waals surface area contributed by atoms with Crippen LogP contribution < -0.4 is 5.32 Å². The minimum Gasteiger partial charge on any atom is -0.310 e. The number of hydrogen-bond acceptors (Lipinski definition) is 2. The fourth-order valence-corrected chi connectivity index (χ4v) is 4.40. The zero-order chi connectivity index (χ0) is 12.8.